The van der Waals surface area contributed by atoms with Gasteiger partial charge in [0.15, 0.2) is 12.4 Å². The van der Waals surface area contributed by atoms with E-state index in [1.807, 2.05) is 13.8 Å². The Hall–Kier alpha value is -3.25. The first-order chi connectivity index (χ1) is 34.5. The fourth-order valence-electron chi connectivity index (χ4n) is 15.3. The van der Waals surface area contributed by atoms with Crippen LogP contribution in [-0.2, 0) is 42.8 Å². The van der Waals surface area contributed by atoms with Gasteiger partial charge in [0.25, 0.3) is 0 Å². The highest BCUT2D eigenvalue weighted by Crippen LogP contribution is 2.76. The van der Waals surface area contributed by atoms with Gasteiger partial charge in [-0.2, -0.15) is 0 Å². The summed E-state index contributed by atoms with van der Waals surface area (Å²) in [5, 5.41) is 65.6. The van der Waals surface area contributed by atoms with E-state index in [0.717, 1.165) is 32.1 Å². The van der Waals surface area contributed by atoms with Crippen LogP contribution in [0.15, 0.2) is 60.3 Å². The van der Waals surface area contributed by atoms with Crippen LogP contribution in [-0.4, -0.2) is 136 Å². The van der Waals surface area contributed by atoms with Crippen molar-refractivity contribution < 1.29 is 73.4 Å². The molecule has 74 heavy (non-hydrogen) atoms. The van der Waals surface area contributed by atoms with Crippen LogP contribution in [0.5, 0.6) is 0 Å². The summed E-state index contributed by atoms with van der Waals surface area (Å²) in [6.45, 7) is 29.9. The number of allylic oxidation sites excluding steroid dienone is 4. The summed E-state index contributed by atoms with van der Waals surface area (Å²) in [6.07, 6.45) is 6.33. The molecule has 0 aromatic heterocycles. The predicted molar refractivity (Wildman–Crippen MR) is 279 cm³/mol. The van der Waals surface area contributed by atoms with Gasteiger partial charge in [0.05, 0.1) is 61.0 Å². The van der Waals surface area contributed by atoms with Crippen LogP contribution in [0, 0.1) is 50.2 Å². The van der Waals surface area contributed by atoms with Crippen molar-refractivity contribution in [2.75, 3.05) is 26.9 Å². The zero-order valence-electron chi connectivity index (χ0n) is 46.6. The lowest BCUT2D eigenvalue weighted by Gasteiger charge is -2.72. The molecular formula is C59H92O15. The number of hydrogen-bond acceptors (Lipinski definition) is 15. The fourth-order valence-corrected chi connectivity index (χ4v) is 15.3. The monoisotopic (exact) mass is 1040 g/mol. The van der Waals surface area contributed by atoms with Gasteiger partial charge in [-0.1, -0.05) is 84.4 Å². The summed E-state index contributed by atoms with van der Waals surface area (Å²) in [5.41, 5.74) is -3.76. The Balaban J connectivity index is 1.14. The zero-order chi connectivity index (χ0) is 55.2. The third-order valence-corrected chi connectivity index (χ3v) is 20.2. The third-order valence-electron chi connectivity index (χ3n) is 20.2. The molecule has 15 nitrogen and oxygen atoms in total. The van der Waals surface area contributed by atoms with Crippen molar-refractivity contribution >= 4 is 17.9 Å². The largest absolute Gasteiger partial charge is 0.468 e. The number of esters is 3. The maximum absolute atomic E-state index is 14.4. The van der Waals surface area contributed by atoms with E-state index in [4.69, 9.17) is 28.4 Å². The lowest BCUT2D eigenvalue weighted by Crippen LogP contribution is -2.68. The zero-order valence-corrected chi connectivity index (χ0v) is 46.6. The minimum absolute atomic E-state index is 0.0141. The average molecular weight is 1040 g/mol. The molecule has 17 atom stereocenters. The summed E-state index contributed by atoms with van der Waals surface area (Å²) < 4.78 is 35.9. The molecule has 418 valence electrons. The molecule has 4 saturated carbocycles. The lowest BCUT2D eigenvalue weighted by molar-refractivity contribution is -0.314. The Kier molecular flexibility index (Phi) is 18.0. The van der Waals surface area contributed by atoms with Crippen molar-refractivity contribution in [2.24, 2.45) is 50.2 Å². The van der Waals surface area contributed by atoms with E-state index in [1.165, 1.54) is 37.8 Å². The number of ether oxygens (including phenoxy) is 6. The highest BCUT2D eigenvalue weighted by Gasteiger charge is 2.72. The Bertz CT molecular complexity index is 2180. The third kappa shape index (κ3) is 10.7. The van der Waals surface area contributed by atoms with Crippen LogP contribution >= 0.6 is 0 Å². The SMILES string of the molecule is C=CC(C)(O)CC/C=C(\CO)C(=O)OC1C(C)OC(O[C@](C)(C=C)CC/C=C(\CO)C(=O)OC2CC3(C(=O)OC)C(O)CC4(C)C(=CCC5C6(C)CCC(OCC)C(C)(C)C6CCC54C)C3CC2(C)C)C(O)C1O. The first kappa shape index (κ1) is 60.0. The van der Waals surface area contributed by atoms with E-state index < -0.39 is 101 Å². The van der Waals surface area contributed by atoms with Crippen LogP contribution in [0.2, 0.25) is 0 Å². The van der Waals surface area contributed by atoms with Crippen molar-refractivity contribution in [3.05, 3.63) is 60.3 Å². The molecule has 0 aromatic rings. The predicted octanol–water partition coefficient (Wildman–Crippen LogP) is 7.53. The van der Waals surface area contributed by atoms with Gasteiger partial charge in [0.1, 0.15) is 23.7 Å². The highest BCUT2D eigenvalue weighted by atomic mass is 16.7. The Morgan fingerprint density at radius 1 is 0.824 bits per heavy atom. The van der Waals surface area contributed by atoms with Gasteiger partial charge in [-0.05, 0) is 138 Å². The van der Waals surface area contributed by atoms with E-state index in [2.05, 4.69) is 60.8 Å². The second-order valence-electron chi connectivity index (χ2n) is 25.3. The molecular weight excluding hydrogens is 949 g/mol. The smallest absolute Gasteiger partial charge is 0.336 e. The quantitative estimate of drug-likeness (QED) is 0.0318. The van der Waals surface area contributed by atoms with Gasteiger partial charge in [0.2, 0.25) is 0 Å². The summed E-state index contributed by atoms with van der Waals surface area (Å²) >= 11 is 0. The topological polar surface area (TPSA) is 228 Å². The molecule has 6 rings (SSSR count). The first-order valence-electron chi connectivity index (χ1n) is 27.3. The van der Waals surface area contributed by atoms with Crippen molar-refractivity contribution in [3.8, 4) is 0 Å². The maximum atomic E-state index is 14.4. The van der Waals surface area contributed by atoms with E-state index in [1.54, 1.807) is 19.9 Å². The lowest BCUT2D eigenvalue weighted by atomic mass is 9.33. The number of carbonyl (C=O) groups is 3. The number of aliphatic hydroxyl groups excluding tert-OH is 5. The first-order valence-corrected chi connectivity index (χ1v) is 27.3. The number of fused-ring (bicyclic) bond motifs is 7. The van der Waals surface area contributed by atoms with Gasteiger partial charge in [-0.25, -0.2) is 9.59 Å². The van der Waals surface area contributed by atoms with Crippen molar-refractivity contribution in [2.45, 2.75) is 213 Å². The second kappa shape index (κ2) is 22.2. The van der Waals surface area contributed by atoms with Crippen molar-refractivity contribution in [3.63, 3.8) is 0 Å². The van der Waals surface area contributed by atoms with E-state index in [9.17, 15) is 45.0 Å². The molecule has 15 heteroatoms. The Morgan fingerprint density at radius 2 is 1.45 bits per heavy atom. The number of methoxy groups -OCH3 is 1. The molecule has 16 unspecified atom stereocenters. The van der Waals surface area contributed by atoms with Crippen LogP contribution < -0.4 is 0 Å². The van der Waals surface area contributed by atoms with Crippen LogP contribution in [0.3, 0.4) is 0 Å². The molecule has 6 aliphatic rings. The molecule has 6 N–H and O–H groups in total. The second-order valence-corrected chi connectivity index (χ2v) is 25.3. The molecule has 0 amide bonds. The molecule has 0 spiro atoms. The van der Waals surface area contributed by atoms with Crippen LogP contribution in [0.1, 0.15) is 153 Å². The molecule has 0 aromatic carbocycles. The molecule has 5 fully saturated rings. The number of carbonyl (C=O) groups excluding carboxylic acids is 3. The highest BCUT2D eigenvalue weighted by molar-refractivity contribution is 5.89. The molecule has 1 aliphatic heterocycles. The number of hydrogen-bond donors (Lipinski definition) is 6. The summed E-state index contributed by atoms with van der Waals surface area (Å²) in [6, 6.07) is 0. The average Bonchev–Trinajstić information content (AvgIpc) is 3.33. The molecule has 0 radical (unpaired) electrons. The summed E-state index contributed by atoms with van der Waals surface area (Å²) in [7, 11) is 1.35. The minimum Gasteiger partial charge on any atom is -0.468 e. The normalized spacial score (nSPS) is 40.2. The van der Waals surface area contributed by atoms with E-state index in [-0.39, 0.29) is 71.5 Å². The van der Waals surface area contributed by atoms with Gasteiger partial charge in [-0.15, -0.1) is 13.2 Å². The summed E-state index contributed by atoms with van der Waals surface area (Å²) in [5.74, 6) is -1.70. The van der Waals surface area contributed by atoms with Gasteiger partial charge in [0, 0.05) is 18.4 Å². The van der Waals surface area contributed by atoms with Crippen molar-refractivity contribution in [1.82, 2.24) is 0 Å². The van der Waals surface area contributed by atoms with E-state index >= 15 is 0 Å². The summed E-state index contributed by atoms with van der Waals surface area (Å²) in [4.78, 5) is 41.5. The maximum Gasteiger partial charge on any atom is 0.336 e. The van der Waals surface area contributed by atoms with Crippen LogP contribution in [0.4, 0.5) is 0 Å². The molecule has 1 heterocycles. The number of aliphatic hydroxyl groups is 6. The molecule has 0 bridgehead atoms. The van der Waals surface area contributed by atoms with Crippen molar-refractivity contribution in [1.29, 1.82) is 0 Å². The fraction of sp³-hybridized carbons (Fsp3) is 0.780. The number of rotatable bonds is 19. The van der Waals surface area contributed by atoms with Gasteiger partial charge >= 0.3 is 17.9 Å². The van der Waals surface area contributed by atoms with E-state index in [0.29, 0.717) is 31.3 Å². The molecule has 1 saturated heterocycles. The van der Waals surface area contributed by atoms with Crippen LogP contribution in [0.25, 0.3) is 0 Å². The van der Waals surface area contributed by atoms with Gasteiger partial charge in [-0.3, -0.25) is 4.79 Å². The Morgan fingerprint density at radius 3 is 2.03 bits per heavy atom. The standard InChI is InChI=1S/C59H92O15/c1-15-54(9,68)26-18-20-37(34-61)49(66)73-47-35(4)71-50(46(64)45(47)63)74-55(10,16-2)27-19-21-36(33-60)48(65)72-44-32-59(51(67)69-14)39(30-52(44,5)6)38-22-23-41-56(11)28-25-43(70-17-3)53(7,8)40(56)24-29-57(41,12)58(38,13)31-42(59)62/h15-16,20-22,35,39-47,50,60-64,68H,1-2,17-19,23-34H2,3-14H3/b36-21+,37-20+/t35?,39?,40?,41?,42?,43?,44?,45?,46?,47?,50?,54?,55-,56?,57?,58?,59?/m1/s1. The minimum atomic E-state index is -1.68. The Labute approximate surface area is 440 Å². The van der Waals surface area contributed by atoms with Gasteiger partial charge < -0.3 is 59.1 Å². The molecule has 5 aliphatic carbocycles.